The first-order valence-electron chi connectivity index (χ1n) is 6.85. The molecular weight excluding hydrogens is 290 g/mol. The summed E-state index contributed by atoms with van der Waals surface area (Å²) in [6.07, 6.45) is 1.97. The molecule has 0 radical (unpaired) electrons. The number of nitrogens with one attached hydrogen (secondary N) is 1. The van der Waals surface area contributed by atoms with Gasteiger partial charge >= 0.3 is 0 Å². The standard InChI is InChI=1S/C14H21N3O3S/c1-9(17-13(18)14(2,15)11-5-6-11)10-3-7-12(8-4-10)21(16,19)20/h3-4,7-9,11H,5-6,15H2,1-2H3,(H,17,18)(H2,16,19,20). The van der Waals surface area contributed by atoms with Crippen LogP contribution in [0, 0.1) is 5.92 Å². The summed E-state index contributed by atoms with van der Waals surface area (Å²) in [5.41, 5.74) is 6.01. The lowest BCUT2D eigenvalue weighted by atomic mass is 9.95. The molecule has 1 fully saturated rings. The van der Waals surface area contributed by atoms with E-state index in [1.165, 1.54) is 12.1 Å². The Morgan fingerprint density at radius 3 is 2.29 bits per heavy atom. The lowest BCUT2D eigenvalue weighted by molar-refractivity contribution is -0.127. The monoisotopic (exact) mass is 311 g/mol. The van der Waals surface area contributed by atoms with Crippen molar-refractivity contribution in [3.05, 3.63) is 29.8 Å². The third-order valence-corrected chi connectivity index (χ3v) is 4.90. The number of rotatable bonds is 5. The van der Waals surface area contributed by atoms with Crippen LogP contribution >= 0.6 is 0 Å². The minimum Gasteiger partial charge on any atom is -0.348 e. The van der Waals surface area contributed by atoms with Crippen LogP contribution in [-0.2, 0) is 14.8 Å². The molecule has 0 aromatic heterocycles. The van der Waals surface area contributed by atoms with E-state index >= 15 is 0 Å². The van der Waals surface area contributed by atoms with E-state index in [9.17, 15) is 13.2 Å². The second kappa shape index (κ2) is 5.40. The normalized spacial score (nSPS) is 19.6. The first-order valence-corrected chi connectivity index (χ1v) is 8.39. The summed E-state index contributed by atoms with van der Waals surface area (Å²) in [7, 11) is -3.70. The zero-order chi connectivity index (χ0) is 15.8. The highest BCUT2D eigenvalue weighted by molar-refractivity contribution is 7.89. The van der Waals surface area contributed by atoms with Crippen molar-refractivity contribution in [3.63, 3.8) is 0 Å². The number of amides is 1. The van der Waals surface area contributed by atoms with E-state index in [1.807, 2.05) is 6.92 Å². The van der Waals surface area contributed by atoms with Crippen LogP contribution in [0.2, 0.25) is 0 Å². The summed E-state index contributed by atoms with van der Waals surface area (Å²) >= 11 is 0. The molecule has 0 heterocycles. The molecule has 1 aliphatic rings. The third-order valence-electron chi connectivity index (χ3n) is 3.97. The van der Waals surface area contributed by atoms with E-state index in [0.717, 1.165) is 18.4 Å². The zero-order valence-electron chi connectivity index (χ0n) is 12.2. The molecular formula is C14H21N3O3S. The number of nitrogens with two attached hydrogens (primary N) is 2. The summed E-state index contributed by atoms with van der Waals surface area (Å²) < 4.78 is 22.4. The van der Waals surface area contributed by atoms with Crippen LogP contribution in [0.3, 0.4) is 0 Å². The number of benzene rings is 1. The predicted octanol–water partition coefficient (Wildman–Crippen LogP) is 0.639. The number of primary sulfonamides is 1. The van der Waals surface area contributed by atoms with Gasteiger partial charge in [-0.1, -0.05) is 12.1 Å². The van der Waals surface area contributed by atoms with Gasteiger partial charge in [-0.05, 0) is 50.3 Å². The van der Waals surface area contributed by atoms with Crippen molar-refractivity contribution in [1.82, 2.24) is 5.32 Å². The van der Waals surface area contributed by atoms with Crippen LogP contribution in [0.1, 0.15) is 38.3 Å². The fourth-order valence-corrected chi connectivity index (χ4v) is 2.77. The van der Waals surface area contributed by atoms with Gasteiger partial charge in [-0.15, -0.1) is 0 Å². The van der Waals surface area contributed by atoms with Gasteiger partial charge in [0.1, 0.15) is 0 Å². The maximum Gasteiger partial charge on any atom is 0.240 e. The molecule has 1 aliphatic carbocycles. The summed E-state index contributed by atoms with van der Waals surface area (Å²) in [4.78, 5) is 12.3. The van der Waals surface area contributed by atoms with Crippen molar-refractivity contribution in [3.8, 4) is 0 Å². The van der Waals surface area contributed by atoms with Gasteiger partial charge in [0.05, 0.1) is 16.5 Å². The Morgan fingerprint density at radius 2 is 1.86 bits per heavy atom. The van der Waals surface area contributed by atoms with Crippen LogP contribution in [0.15, 0.2) is 29.2 Å². The van der Waals surface area contributed by atoms with Gasteiger partial charge in [0.15, 0.2) is 0 Å². The van der Waals surface area contributed by atoms with Crippen molar-refractivity contribution in [1.29, 1.82) is 0 Å². The molecule has 6 nitrogen and oxygen atoms in total. The molecule has 116 valence electrons. The summed E-state index contributed by atoms with van der Waals surface area (Å²) in [5, 5.41) is 7.92. The molecule has 2 rings (SSSR count). The number of carbonyl (C=O) groups is 1. The Balaban J connectivity index is 2.06. The van der Waals surface area contributed by atoms with Crippen molar-refractivity contribution in [2.24, 2.45) is 16.8 Å². The molecule has 1 amide bonds. The molecule has 2 unspecified atom stereocenters. The second-order valence-electron chi connectivity index (χ2n) is 5.87. The van der Waals surface area contributed by atoms with Gasteiger partial charge in [-0.2, -0.15) is 0 Å². The average Bonchev–Trinajstić information content (AvgIpc) is 3.22. The largest absolute Gasteiger partial charge is 0.348 e. The summed E-state index contributed by atoms with van der Waals surface area (Å²) in [6.45, 7) is 3.57. The smallest absolute Gasteiger partial charge is 0.240 e. The Bertz CT molecular complexity index is 634. The highest BCUT2D eigenvalue weighted by Crippen LogP contribution is 2.38. The number of hydrogen-bond acceptors (Lipinski definition) is 4. The Kier molecular flexibility index (Phi) is 4.10. The molecule has 0 saturated heterocycles. The number of sulfonamides is 1. The molecule has 0 spiro atoms. The van der Waals surface area contributed by atoms with E-state index in [2.05, 4.69) is 5.32 Å². The SMILES string of the molecule is CC(NC(=O)C(C)(N)C1CC1)c1ccc(S(N)(=O)=O)cc1. The lowest BCUT2D eigenvalue weighted by Crippen LogP contribution is -2.53. The van der Waals surface area contributed by atoms with Crippen LogP contribution in [0.5, 0.6) is 0 Å². The summed E-state index contributed by atoms with van der Waals surface area (Å²) in [6, 6.07) is 5.87. The predicted molar refractivity (Wildman–Crippen MR) is 79.7 cm³/mol. The number of hydrogen-bond donors (Lipinski definition) is 3. The maximum atomic E-state index is 12.2. The lowest BCUT2D eigenvalue weighted by Gasteiger charge is -2.26. The number of carbonyl (C=O) groups excluding carboxylic acids is 1. The van der Waals surface area contributed by atoms with E-state index < -0.39 is 15.6 Å². The zero-order valence-corrected chi connectivity index (χ0v) is 13.0. The second-order valence-corrected chi connectivity index (χ2v) is 7.43. The van der Waals surface area contributed by atoms with Gasteiger partial charge in [-0.25, -0.2) is 13.6 Å². The topological polar surface area (TPSA) is 115 Å². The summed E-state index contributed by atoms with van der Waals surface area (Å²) in [5.74, 6) is 0.0579. The van der Waals surface area contributed by atoms with E-state index in [1.54, 1.807) is 19.1 Å². The minimum atomic E-state index is -3.70. The molecule has 1 aromatic rings. The molecule has 0 bridgehead atoms. The van der Waals surface area contributed by atoms with Crippen LogP contribution < -0.4 is 16.2 Å². The van der Waals surface area contributed by atoms with E-state index in [4.69, 9.17) is 10.9 Å². The van der Waals surface area contributed by atoms with Crippen LogP contribution in [-0.4, -0.2) is 19.9 Å². The Labute approximate surface area is 124 Å². The first kappa shape index (κ1) is 15.9. The van der Waals surface area contributed by atoms with Crippen molar-refractivity contribution >= 4 is 15.9 Å². The average molecular weight is 311 g/mol. The highest BCUT2D eigenvalue weighted by atomic mass is 32.2. The maximum absolute atomic E-state index is 12.2. The van der Waals surface area contributed by atoms with Crippen LogP contribution in [0.4, 0.5) is 0 Å². The Morgan fingerprint density at radius 1 is 1.33 bits per heavy atom. The molecule has 21 heavy (non-hydrogen) atoms. The quantitative estimate of drug-likeness (QED) is 0.740. The minimum absolute atomic E-state index is 0.0476. The van der Waals surface area contributed by atoms with Gasteiger partial charge in [0.25, 0.3) is 0 Å². The highest BCUT2D eigenvalue weighted by Gasteiger charge is 2.44. The first-order chi connectivity index (χ1) is 9.62. The molecule has 1 saturated carbocycles. The van der Waals surface area contributed by atoms with E-state index in [-0.39, 0.29) is 22.8 Å². The van der Waals surface area contributed by atoms with Gasteiger partial charge in [0.2, 0.25) is 15.9 Å². The molecule has 0 aliphatic heterocycles. The van der Waals surface area contributed by atoms with Gasteiger partial charge in [-0.3, -0.25) is 4.79 Å². The van der Waals surface area contributed by atoms with Crippen molar-refractivity contribution < 1.29 is 13.2 Å². The van der Waals surface area contributed by atoms with Gasteiger partial charge in [0, 0.05) is 0 Å². The fourth-order valence-electron chi connectivity index (χ4n) is 2.25. The van der Waals surface area contributed by atoms with E-state index in [0.29, 0.717) is 0 Å². The molecule has 1 aromatic carbocycles. The van der Waals surface area contributed by atoms with Crippen LogP contribution in [0.25, 0.3) is 0 Å². The Hall–Kier alpha value is -1.44. The third kappa shape index (κ3) is 3.61. The molecule has 7 heteroatoms. The molecule has 2 atom stereocenters. The molecule has 5 N–H and O–H groups in total. The van der Waals surface area contributed by atoms with Gasteiger partial charge < -0.3 is 11.1 Å². The van der Waals surface area contributed by atoms with Crippen molar-refractivity contribution in [2.75, 3.05) is 0 Å². The van der Waals surface area contributed by atoms with Crippen molar-refractivity contribution in [2.45, 2.75) is 43.2 Å². The fraction of sp³-hybridized carbons (Fsp3) is 0.500.